The van der Waals surface area contributed by atoms with Gasteiger partial charge < -0.3 is 16.2 Å². The highest BCUT2D eigenvalue weighted by Gasteiger charge is 2.18. The van der Waals surface area contributed by atoms with Gasteiger partial charge in [-0.3, -0.25) is 14.9 Å². The molecule has 0 aliphatic rings. The number of ether oxygens (including phenoxy) is 1. The minimum Gasteiger partial charge on any atom is -0.450 e. The van der Waals surface area contributed by atoms with E-state index in [9.17, 15) is 14.9 Å². The number of hydrogen-bond donors (Lipinski definition) is 2. The number of nitro groups is 1. The van der Waals surface area contributed by atoms with Gasteiger partial charge >= 0.3 is 5.69 Å². The van der Waals surface area contributed by atoms with Gasteiger partial charge in [0.05, 0.1) is 4.92 Å². The maximum absolute atomic E-state index is 11.1. The first-order chi connectivity index (χ1) is 9.86. The zero-order valence-electron chi connectivity index (χ0n) is 11.2. The number of aryl methyl sites for hydroxylation is 1. The largest absolute Gasteiger partial charge is 0.450 e. The zero-order chi connectivity index (χ0) is 15.6. The molecule has 2 aromatic carbocycles. The van der Waals surface area contributed by atoms with Crippen LogP contribution in [-0.2, 0) is 0 Å². The summed E-state index contributed by atoms with van der Waals surface area (Å²) in [7, 11) is 0. The van der Waals surface area contributed by atoms with E-state index in [1.54, 1.807) is 18.2 Å². The monoisotopic (exact) mass is 287 g/mol. The summed E-state index contributed by atoms with van der Waals surface area (Å²) in [6, 6.07) is 8.77. The molecule has 0 radical (unpaired) electrons. The van der Waals surface area contributed by atoms with Gasteiger partial charge in [0, 0.05) is 23.4 Å². The van der Waals surface area contributed by atoms with Gasteiger partial charge in [-0.15, -0.1) is 0 Å². The number of nitro benzene ring substituents is 1. The lowest BCUT2D eigenvalue weighted by Gasteiger charge is -2.08. The number of hydrogen-bond acceptors (Lipinski definition) is 5. The number of anilines is 1. The zero-order valence-corrected chi connectivity index (χ0v) is 11.2. The first-order valence-corrected chi connectivity index (χ1v) is 6.00. The van der Waals surface area contributed by atoms with Crippen LogP contribution in [0.25, 0.3) is 0 Å². The van der Waals surface area contributed by atoms with Crippen molar-refractivity contribution >= 4 is 17.3 Å². The number of nitrogens with two attached hydrogens (primary N) is 2. The molecule has 2 aromatic rings. The van der Waals surface area contributed by atoms with Crippen LogP contribution in [0, 0.1) is 17.0 Å². The van der Waals surface area contributed by atoms with Gasteiger partial charge in [0.2, 0.25) is 11.7 Å². The van der Waals surface area contributed by atoms with E-state index in [4.69, 9.17) is 16.2 Å². The second-order valence-electron chi connectivity index (χ2n) is 4.49. The van der Waals surface area contributed by atoms with Crippen LogP contribution in [0.3, 0.4) is 0 Å². The topological polar surface area (TPSA) is 121 Å². The molecule has 0 saturated carbocycles. The lowest BCUT2D eigenvalue weighted by molar-refractivity contribution is -0.385. The molecule has 7 nitrogen and oxygen atoms in total. The molecule has 0 atom stereocenters. The first kappa shape index (κ1) is 14.3. The van der Waals surface area contributed by atoms with E-state index in [2.05, 4.69) is 0 Å². The maximum atomic E-state index is 11.1. The van der Waals surface area contributed by atoms with Crippen LogP contribution >= 0.6 is 0 Å². The lowest BCUT2D eigenvalue weighted by atomic mass is 10.1. The Labute approximate surface area is 120 Å². The lowest BCUT2D eigenvalue weighted by Crippen LogP contribution is -2.11. The van der Waals surface area contributed by atoms with Gasteiger partial charge in [0.25, 0.3) is 0 Å². The molecule has 108 valence electrons. The Morgan fingerprint density at radius 1 is 1.24 bits per heavy atom. The van der Waals surface area contributed by atoms with Crippen molar-refractivity contribution in [3.05, 3.63) is 57.6 Å². The van der Waals surface area contributed by atoms with Crippen molar-refractivity contribution in [3.63, 3.8) is 0 Å². The third-order valence-corrected chi connectivity index (χ3v) is 2.74. The van der Waals surface area contributed by atoms with Crippen molar-refractivity contribution in [1.82, 2.24) is 0 Å². The summed E-state index contributed by atoms with van der Waals surface area (Å²) in [4.78, 5) is 21.5. The van der Waals surface area contributed by atoms with Gasteiger partial charge in [0.15, 0.2) is 0 Å². The van der Waals surface area contributed by atoms with Crippen LogP contribution in [0.15, 0.2) is 36.4 Å². The van der Waals surface area contributed by atoms with Crippen molar-refractivity contribution in [2.45, 2.75) is 6.92 Å². The normalized spacial score (nSPS) is 10.1. The minimum absolute atomic E-state index is 0.00926. The van der Waals surface area contributed by atoms with Crippen molar-refractivity contribution < 1.29 is 14.5 Å². The standard InChI is InChI=1S/C14H13N3O4/c1-8-4-10(15)7-11(5-8)21-13-3-2-9(14(16)18)6-12(13)17(19)20/h2-7H,15H2,1H3,(H2,16,18). The Balaban J connectivity index is 2.43. The summed E-state index contributed by atoms with van der Waals surface area (Å²) < 4.78 is 5.49. The summed E-state index contributed by atoms with van der Waals surface area (Å²) in [6.07, 6.45) is 0. The van der Waals surface area contributed by atoms with E-state index in [0.717, 1.165) is 11.6 Å². The summed E-state index contributed by atoms with van der Waals surface area (Å²) in [5, 5.41) is 11.1. The Bertz CT molecular complexity index is 708. The molecule has 0 unspecified atom stereocenters. The predicted molar refractivity (Wildman–Crippen MR) is 77.3 cm³/mol. The predicted octanol–water partition coefficient (Wildman–Crippen LogP) is 2.38. The van der Waals surface area contributed by atoms with E-state index in [1.807, 2.05) is 6.92 Å². The van der Waals surface area contributed by atoms with Crippen LogP contribution in [0.1, 0.15) is 15.9 Å². The number of rotatable bonds is 4. The summed E-state index contributed by atoms with van der Waals surface area (Å²) in [5.41, 5.74) is 11.9. The van der Waals surface area contributed by atoms with Gasteiger partial charge in [-0.05, 0) is 36.8 Å². The van der Waals surface area contributed by atoms with Crippen LogP contribution in [0.4, 0.5) is 11.4 Å². The number of nitrogens with zero attached hydrogens (tertiary/aromatic N) is 1. The molecule has 1 amide bonds. The average molecular weight is 287 g/mol. The molecule has 0 aromatic heterocycles. The number of nitrogen functional groups attached to an aromatic ring is 1. The molecule has 0 heterocycles. The van der Waals surface area contributed by atoms with Crippen molar-refractivity contribution in [2.24, 2.45) is 5.73 Å². The smallest absolute Gasteiger partial charge is 0.312 e. The number of amides is 1. The van der Waals surface area contributed by atoms with E-state index in [1.165, 1.54) is 12.1 Å². The quantitative estimate of drug-likeness (QED) is 0.508. The number of carbonyl (C=O) groups is 1. The molecule has 7 heteroatoms. The Kier molecular flexibility index (Phi) is 3.75. The van der Waals surface area contributed by atoms with Crippen molar-refractivity contribution in [1.29, 1.82) is 0 Å². The third-order valence-electron chi connectivity index (χ3n) is 2.74. The van der Waals surface area contributed by atoms with Crippen LogP contribution in [0.2, 0.25) is 0 Å². The van der Waals surface area contributed by atoms with E-state index >= 15 is 0 Å². The molecule has 0 aliphatic carbocycles. The summed E-state index contributed by atoms with van der Waals surface area (Å²) in [5.74, 6) is -0.359. The Morgan fingerprint density at radius 2 is 1.95 bits per heavy atom. The van der Waals surface area contributed by atoms with E-state index in [0.29, 0.717) is 11.4 Å². The Hall–Kier alpha value is -3.09. The highest BCUT2D eigenvalue weighted by molar-refractivity contribution is 5.93. The second kappa shape index (κ2) is 5.49. The average Bonchev–Trinajstić information content (AvgIpc) is 2.37. The highest BCUT2D eigenvalue weighted by Crippen LogP contribution is 2.33. The summed E-state index contributed by atoms with van der Waals surface area (Å²) in [6.45, 7) is 1.83. The van der Waals surface area contributed by atoms with E-state index < -0.39 is 10.8 Å². The molecule has 0 aliphatic heterocycles. The van der Waals surface area contributed by atoms with Crippen LogP contribution < -0.4 is 16.2 Å². The first-order valence-electron chi connectivity index (χ1n) is 6.00. The SMILES string of the molecule is Cc1cc(N)cc(Oc2ccc(C(N)=O)cc2[N+](=O)[O-])c1. The van der Waals surface area contributed by atoms with Crippen molar-refractivity contribution in [3.8, 4) is 11.5 Å². The molecule has 21 heavy (non-hydrogen) atoms. The van der Waals surface area contributed by atoms with Gasteiger partial charge in [-0.25, -0.2) is 0 Å². The fraction of sp³-hybridized carbons (Fsp3) is 0.0714. The number of primary amides is 1. The van der Waals surface area contributed by atoms with Crippen LogP contribution in [-0.4, -0.2) is 10.8 Å². The van der Waals surface area contributed by atoms with E-state index in [-0.39, 0.29) is 17.0 Å². The number of carbonyl (C=O) groups excluding carboxylic acids is 1. The van der Waals surface area contributed by atoms with Gasteiger partial charge in [0.1, 0.15) is 5.75 Å². The maximum Gasteiger partial charge on any atom is 0.312 e. The molecule has 0 fully saturated rings. The number of benzene rings is 2. The molecule has 0 bridgehead atoms. The fourth-order valence-electron chi connectivity index (χ4n) is 1.86. The second-order valence-corrected chi connectivity index (χ2v) is 4.49. The molecular weight excluding hydrogens is 274 g/mol. The highest BCUT2D eigenvalue weighted by atomic mass is 16.6. The van der Waals surface area contributed by atoms with Crippen LogP contribution in [0.5, 0.6) is 11.5 Å². The molecule has 0 spiro atoms. The van der Waals surface area contributed by atoms with Gasteiger partial charge in [-0.1, -0.05) is 0 Å². The minimum atomic E-state index is -0.746. The van der Waals surface area contributed by atoms with Crippen molar-refractivity contribution in [2.75, 3.05) is 5.73 Å². The molecule has 2 rings (SSSR count). The van der Waals surface area contributed by atoms with Gasteiger partial charge in [-0.2, -0.15) is 0 Å². The third kappa shape index (κ3) is 3.27. The molecular formula is C14H13N3O4. The molecule has 0 saturated heterocycles. The Morgan fingerprint density at radius 3 is 2.52 bits per heavy atom. The fourth-order valence-corrected chi connectivity index (χ4v) is 1.86. The molecule has 4 N–H and O–H groups in total. The summed E-state index contributed by atoms with van der Waals surface area (Å²) >= 11 is 0.